The van der Waals surface area contributed by atoms with Crippen LogP contribution in [0.25, 0.3) is 0 Å². The fraction of sp³-hybridized carbons (Fsp3) is 0.250. The van der Waals surface area contributed by atoms with Crippen LogP contribution in [0.5, 0.6) is 5.75 Å². The molecule has 66 valence electrons. The summed E-state index contributed by atoms with van der Waals surface area (Å²) < 4.78 is 12.0. The smallest absolute Gasteiger partial charge is 0.117 e. The molecule has 0 saturated carbocycles. The molecule has 0 saturated heterocycles. The highest BCUT2D eigenvalue weighted by molar-refractivity contribution is 9.10. The van der Waals surface area contributed by atoms with Crippen molar-refractivity contribution in [1.29, 1.82) is 0 Å². The van der Waals surface area contributed by atoms with E-state index in [0.717, 1.165) is 4.47 Å². The highest BCUT2D eigenvalue weighted by Gasteiger charge is 2.03. The predicted molar refractivity (Wildman–Crippen MR) is 52.8 cm³/mol. The highest BCUT2D eigenvalue weighted by Crippen LogP contribution is 2.22. The summed E-state index contributed by atoms with van der Waals surface area (Å²) in [6.07, 6.45) is 0. The van der Waals surface area contributed by atoms with Gasteiger partial charge in [-0.25, -0.2) is 0 Å². The molecule has 1 rings (SSSR count). The molecule has 2 nitrogen and oxygen atoms in total. The summed E-state index contributed by atoms with van der Waals surface area (Å²) in [5.74, 6) is 0.705. The maximum absolute atomic E-state index is 11.3. The van der Waals surface area contributed by atoms with E-state index in [9.17, 15) is 9.32 Å². The lowest BCUT2D eigenvalue weighted by Gasteiger charge is -2.00. The van der Waals surface area contributed by atoms with E-state index in [1.165, 1.54) is 6.07 Å². The summed E-state index contributed by atoms with van der Waals surface area (Å²) in [6.45, 7) is 1.84. The van der Waals surface area contributed by atoms with Gasteiger partial charge in [0.05, 0.1) is 10.8 Å². The molecule has 0 aliphatic rings. The molecule has 1 N–H and O–H groups in total. The summed E-state index contributed by atoms with van der Waals surface area (Å²) in [5.41, 5.74) is 0. The summed E-state index contributed by atoms with van der Waals surface area (Å²) >= 11 is 3.22. The minimum Gasteiger partial charge on any atom is -0.508 e. The van der Waals surface area contributed by atoms with Gasteiger partial charge in [0.15, 0.2) is 0 Å². The van der Waals surface area contributed by atoms with Crippen molar-refractivity contribution in [2.75, 3.05) is 5.75 Å². The van der Waals surface area contributed by atoms with Gasteiger partial charge in [-0.2, -0.15) is 0 Å². The first kappa shape index (κ1) is 9.74. The molecule has 12 heavy (non-hydrogen) atoms. The van der Waals surface area contributed by atoms with Gasteiger partial charge < -0.3 is 5.11 Å². The maximum atomic E-state index is 11.3. The van der Waals surface area contributed by atoms with Crippen LogP contribution in [0.1, 0.15) is 6.92 Å². The van der Waals surface area contributed by atoms with E-state index >= 15 is 0 Å². The van der Waals surface area contributed by atoms with Crippen molar-refractivity contribution >= 4 is 26.7 Å². The molecule has 1 atom stereocenters. The van der Waals surface area contributed by atoms with Crippen molar-refractivity contribution < 1.29 is 9.32 Å². The molecular formula is C8H9BrO2S. The van der Waals surface area contributed by atoms with Gasteiger partial charge in [0.2, 0.25) is 0 Å². The standard InChI is InChI=1S/C8H9BrO2S/c1-2-12(11)8-4-6(9)3-7(10)5-8/h3-5,10H,2H2,1H3. The van der Waals surface area contributed by atoms with E-state index < -0.39 is 10.8 Å². The third-order valence-corrected chi connectivity index (χ3v) is 3.12. The average Bonchev–Trinajstić information content (AvgIpc) is 2.01. The van der Waals surface area contributed by atoms with E-state index in [4.69, 9.17) is 0 Å². The molecule has 1 unspecified atom stereocenters. The molecule has 0 aliphatic heterocycles. The van der Waals surface area contributed by atoms with E-state index in [1.54, 1.807) is 12.1 Å². The number of phenols is 1. The third-order valence-electron chi connectivity index (χ3n) is 1.38. The Kier molecular flexibility index (Phi) is 3.29. The van der Waals surface area contributed by atoms with Crippen LogP contribution in [-0.2, 0) is 10.8 Å². The Balaban J connectivity index is 3.08. The van der Waals surface area contributed by atoms with Gasteiger partial charge in [-0.3, -0.25) is 4.21 Å². The molecule has 1 aromatic carbocycles. The molecule has 0 radical (unpaired) electrons. The van der Waals surface area contributed by atoms with E-state index in [-0.39, 0.29) is 5.75 Å². The van der Waals surface area contributed by atoms with Crippen LogP contribution in [0.15, 0.2) is 27.6 Å². The zero-order valence-electron chi connectivity index (χ0n) is 6.58. The van der Waals surface area contributed by atoms with Crippen LogP contribution < -0.4 is 0 Å². The molecule has 0 heterocycles. The lowest BCUT2D eigenvalue weighted by atomic mass is 10.3. The Morgan fingerprint density at radius 1 is 1.50 bits per heavy atom. The topological polar surface area (TPSA) is 37.3 Å². The average molecular weight is 249 g/mol. The minimum atomic E-state index is -1.00. The van der Waals surface area contributed by atoms with Crippen molar-refractivity contribution in [1.82, 2.24) is 0 Å². The first-order chi connectivity index (χ1) is 5.63. The third kappa shape index (κ3) is 2.32. The Morgan fingerprint density at radius 2 is 2.17 bits per heavy atom. The van der Waals surface area contributed by atoms with Crippen molar-refractivity contribution in [2.45, 2.75) is 11.8 Å². The van der Waals surface area contributed by atoms with Gasteiger partial charge in [0.1, 0.15) is 5.75 Å². The van der Waals surface area contributed by atoms with Crippen LogP contribution >= 0.6 is 15.9 Å². The van der Waals surface area contributed by atoms with Gasteiger partial charge in [0, 0.05) is 15.1 Å². The second kappa shape index (κ2) is 4.05. The van der Waals surface area contributed by atoms with E-state index in [2.05, 4.69) is 15.9 Å². The van der Waals surface area contributed by atoms with Gasteiger partial charge in [-0.15, -0.1) is 0 Å². The van der Waals surface area contributed by atoms with Crippen LogP contribution in [-0.4, -0.2) is 15.1 Å². The summed E-state index contributed by atoms with van der Waals surface area (Å²) in [4.78, 5) is 0.657. The Morgan fingerprint density at radius 3 is 2.67 bits per heavy atom. The van der Waals surface area contributed by atoms with Crippen LogP contribution in [0.3, 0.4) is 0 Å². The SMILES string of the molecule is CCS(=O)c1cc(O)cc(Br)c1. The normalized spacial score (nSPS) is 12.8. The molecule has 1 aromatic rings. The van der Waals surface area contributed by atoms with Crippen LogP contribution in [0.2, 0.25) is 0 Å². The summed E-state index contributed by atoms with van der Waals surface area (Å²) in [6, 6.07) is 4.83. The number of benzene rings is 1. The summed E-state index contributed by atoms with van der Waals surface area (Å²) in [7, 11) is -1.00. The Hall–Kier alpha value is -0.350. The van der Waals surface area contributed by atoms with E-state index in [0.29, 0.717) is 10.6 Å². The summed E-state index contributed by atoms with van der Waals surface area (Å²) in [5, 5.41) is 9.17. The van der Waals surface area contributed by atoms with Gasteiger partial charge in [-0.05, 0) is 18.2 Å². The molecule has 0 spiro atoms. The highest BCUT2D eigenvalue weighted by atomic mass is 79.9. The number of phenolic OH excluding ortho intramolecular Hbond substituents is 1. The molecule has 0 bridgehead atoms. The fourth-order valence-electron chi connectivity index (χ4n) is 0.846. The number of hydrogen-bond donors (Lipinski definition) is 1. The van der Waals surface area contributed by atoms with Crippen LogP contribution in [0.4, 0.5) is 0 Å². The van der Waals surface area contributed by atoms with Crippen molar-refractivity contribution in [3.63, 3.8) is 0 Å². The number of rotatable bonds is 2. The first-order valence-corrected chi connectivity index (χ1v) is 5.62. The predicted octanol–water partition coefficient (Wildman–Crippen LogP) is 2.28. The number of aromatic hydroxyl groups is 1. The van der Waals surface area contributed by atoms with Crippen molar-refractivity contribution in [3.8, 4) is 5.75 Å². The second-order valence-electron chi connectivity index (χ2n) is 2.28. The quantitative estimate of drug-likeness (QED) is 0.873. The van der Waals surface area contributed by atoms with Gasteiger partial charge >= 0.3 is 0 Å². The van der Waals surface area contributed by atoms with Gasteiger partial charge in [-0.1, -0.05) is 22.9 Å². The van der Waals surface area contributed by atoms with E-state index in [1.807, 2.05) is 6.92 Å². The molecule has 0 aromatic heterocycles. The fourth-order valence-corrected chi connectivity index (χ4v) is 2.32. The van der Waals surface area contributed by atoms with Gasteiger partial charge in [0.25, 0.3) is 0 Å². The largest absolute Gasteiger partial charge is 0.508 e. The van der Waals surface area contributed by atoms with Crippen LogP contribution in [0, 0.1) is 0 Å². The Labute approximate surface area is 82.2 Å². The molecule has 0 fully saturated rings. The lowest BCUT2D eigenvalue weighted by Crippen LogP contribution is -1.93. The minimum absolute atomic E-state index is 0.140. The van der Waals surface area contributed by atoms with Crippen molar-refractivity contribution in [3.05, 3.63) is 22.7 Å². The number of halogens is 1. The molecule has 0 aliphatic carbocycles. The Bertz CT molecular complexity index is 292. The first-order valence-electron chi connectivity index (χ1n) is 3.51. The lowest BCUT2D eigenvalue weighted by molar-refractivity contribution is 0.473. The zero-order chi connectivity index (χ0) is 9.14. The second-order valence-corrected chi connectivity index (χ2v) is 4.93. The number of hydrogen-bond acceptors (Lipinski definition) is 2. The molecule has 0 amide bonds. The molecular weight excluding hydrogens is 240 g/mol. The zero-order valence-corrected chi connectivity index (χ0v) is 8.98. The van der Waals surface area contributed by atoms with Crippen molar-refractivity contribution in [2.24, 2.45) is 0 Å². The molecule has 4 heteroatoms. The maximum Gasteiger partial charge on any atom is 0.117 e. The monoisotopic (exact) mass is 248 g/mol.